The van der Waals surface area contributed by atoms with Crippen molar-refractivity contribution in [2.45, 2.75) is 0 Å². The first-order valence-electron chi connectivity index (χ1n) is 16.5. The molecule has 0 spiro atoms. The first-order chi connectivity index (χ1) is 24.8. The van der Waals surface area contributed by atoms with Crippen LogP contribution in [-0.2, 0) is 0 Å². The van der Waals surface area contributed by atoms with E-state index >= 15 is 0 Å². The summed E-state index contributed by atoms with van der Waals surface area (Å²) < 4.78 is 4.57. The molecule has 6 aromatic carbocycles. The van der Waals surface area contributed by atoms with Crippen LogP contribution in [0.5, 0.6) is 0 Å². The summed E-state index contributed by atoms with van der Waals surface area (Å²) in [6, 6.07) is 54.1. The van der Waals surface area contributed by atoms with Crippen molar-refractivity contribution in [3.8, 4) is 45.5 Å². The Balaban J connectivity index is 1.25. The van der Waals surface area contributed by atoms with Gasteiger partial charge in [-0.1, -0.05) is 115 Å². The fourth-order valence-corrected chi connectivity index (χ4v) is 7.13. The highest BCUT2D eigenvalue weighted by Crippen LogP contribution is 2.41. The van der Waals surface area contributed by atoms with Crippen LogP contribution in [0.3, 0.4) is 0 Å². The molecule has 0 aliphatic carbocycles. The Morgan fingerprint density at radius 3 is 1.72 bits per heavy atom. The summed E-state index contributed by atoms with van der Waals surface area (Å²) >= 11 is 0. The van der Waals surface area contributed by atoms with Crippen LogP contribution in [0.1, 0.15) is 0 Å². The minimum atomic E-state index is 0.612. The van der Waals surface area contributed by atoms with Gasteiger partial charge in [0.05, 0.1) is 22.7 Å². The lowest BCUT2D eigenvalue weighted by Gasteiger charge is -2.12. The molecule has 0 unspecified atom stereocenters. The van der Waals surface area contributed by atoms with E-state index in [1.165, 1.54) is 10.8 Å². The van der Waals surface area contributed by atoms with Crippen LogP contribution in [0, 0.1) is 0 Å². The Bertz CT molecular complexity index is 2800. The van der Waals surface area contributed by atoms with Gasteiger partial charge in [-0.05, 0) is 42.5 Å². The Kier molecular flexibility index (Phi) is 6.35. The fraction of sp³-hybridized carbons (Fsp3) is 0. The molecule has 0 fully saturated rings. The number of fused-ring (bicyclic) bond motifs is 7. The molecule has 0 saturated carbocycles. The number of hydrogen-bond acceptors (Lipinski definition) is 5. The molecule has 0 N–H and O–H groups in total. The molecule has 4 aromatic heterocycles. The lowest BCUT2D eigenvalue weighted by atomic mass is 10.1. The van der Waals surface area contributed by atoms with Gasteiger partial charge in [-0.15, -0.1) is 5.10 Å². The van der Waals surface area contributed by atoms with Gasteiger partial charge in [0.15, 0.2) is 23.1 Å². The molecule has 0 aliphatic rings. The Morgan fingerprint density at radius 1 is 0.400 bits per heavy atom. The van der Waals surface area contributed by atoms with E-state index in [1.807, 2.05) is 66.7 Å². The van der Waals surface area contributed by atoms with Gasteiger partial charge in [0.25, 0.3) is 0 Å². The predicted molar refractivity (Wildman–Crippen MR) is 200 cm³/mol. The standard InChI is InChI=1S/C43H27N7/c1-4-13-28(14-5-1)40-45-41(29-15-6-2-7-16-29)47-42(46-40)30-17-12-20-32(27-30)49-36-22-11-10-21-33(36)34-23-24-37-38(39(34)49)35-25-26-44-48-43(35)50(37)31-18-8-3-9-19-31/h1-27H. The zero-order chi connectivity index (χ0) is 33.0. The molecule has 4 heterocycles. The van der Waals surface area contributed by atoms with E-state index in [2.05, 4.69) is 110 Å². The van der Waals surface area contributed by atoms with E-state index in [0.29, 0.717) is 17.5 Å². The van der Waals surface area contributed by atoms with E-state index in [-0.39, 0.29) is 0 Å². The van der Waals surface area contributed by atoms with Crippen LogP contribution < -0.4 is 0 Å². The largest absolute Gasteiger partial charge is 0.309 e. The van der Waals surface area contributed by atoms with Gasteiger partial charge in [-0.3, -0.25) is 4.57 Å². The summed E-state index contributed by atoms with van der Waals surface area (Å²) in [5.41, 5.74) is 8.92. The summed E-state index contributed by atoms with van der Waals surface area (Å²) in [7, 11) is 0. The van der Waals surface area contributed by atoms with Crippen molar-refractivity contribution >= 4 is 43.7 Å². The molecule has 7 nitrogen and oxygen atoms in total. The average Bonchev–Trinajstić information content (AvgIpc) is 3.72. The summed E-state index contributed by atoms with van der Waals surface area (Å²) in [6.45, 7) is 0. The third-order valence-corrected chi connectivity index (χ3v) is 9.31. The summed E-state index contributed by atoms with van der Waals surface area (Å²) in [5.74, 6) is 1.88. The highest BCUT2D eigenvalue weighted by Gasteiger charge is 2.22. The minimum Gasteiger partial charge on any atom is -0.309 e. The highest BCUT2D eigenvalue weighted by atomic mass is 15.2. The third-order valence-electron chi connectivity index (χ3n) is 9.31. The molecule has 0 radical (unpaired) electrons. The van der Waals surface area contributed by atoms with Crippen LogP contribution in [0.2, 0.25) is 0 Å². The maximum absolute atomic E-state index is 5.02. The van der Waals surface area contributed by atoms with Crippen molar-refractivity contribution in [1.82, 2.24) is 34.3 Å². The van der Waals surface area contributed by atoms with Crippen LogP contribution in [-0.4, -0.2) is 34.3 Å². The summed E-state index contributed by atoms with van der Waals surface area (Å²) in [4.78, 5) is 15.0. The van der Waals surface area contributed by atoms with E-state index in [4.69, 9.17) is 15.0 Å². The topological polar surface area (TPSA) is 74.3 Å². The first kappa shape index (κ1) is 28.1. The normalized spacial score (nSPS) is 11.6. The SMILES string of the molecule is c1ccc(-c2nc(-c3ccccc3)nc(-c3cccc(-n4c5ccccc5c5ccc6c(c7ccnnc7n6-c6ccccc6)c54)c3)n2)cc1. The number of hydrogen-bond donors (Lipinski definition) is 0. The van der Waals surface area contributed by atoms with E-state index < -0.39 is 0 Å². The van der Waals surface area contributed by atoms with Crippen LogP contribution in [0.4, 0.5) is 0 Å². The van der Waals surface area contributed by atoms with Crippen LogP contribution >= 0.6 is 0 Å². The Labute approximate surface area is 286 Å². The maximum Gasteiger partial charge on any atom is 0.168 e. The second-order valence-corrected chi connectivity index (χ2v) is 12.2. The molecule has 0 atom stereocenters. The van der Waals surface area contributed by atoms with Crippen molar-refractivity contribution in [2.24, 2.45) is 0 Å². The maximum atomic E-state index is 5.02. The molecular weight excluding hydrogens is 615 g/mol. The van der Waals surface area contributed by atoms with Crippen molar-refractivity contribution in [3.63, 3.8) is 0 Å². The molecule has 0 aliphatic heterocycles. The van der Waals surface area contributed by atoms with Gasteiger partial charge in [-0.2, -0.15) is 5.10 Å². The average molecular weight is 642 g/mol. The van der Waals surface area contributed by atoms with E-state index in [1.54, 1.807) is 6.20 Å². The molecule has 7 heteroatoms. The van der Waals surface area contributed by atoms with Crippen molar-refractivity contribution in [1.29, 1.82) is 0 Å². The quantitative estimate of drug-likeness (QED) is 0.187. The molecule has 10 aromatic rings. The number of rotatable bonds is 5. The van der Waals surface area contributed by atoms with Crippen LogP contribution in [0.15, 0.2) is 164 Å². The smallest absolute Gasteiger partial charge is 0.168 e. The summed E-state index contributed by atoms with van der Waals surface area (Å²) in [6.07, 6.45) is 1.78. The van der Waals surface area contributed by atoms with Gasteiger partial charge in [0.1, 0.15) is 0 Å². The highest BCUT2D eigenvalue weighted by molar-refractivity contribution is 6.25. The lowest BCUT2D eigenvalue weighted by molar-refractivity contribution is 1.02. The number of para-hydroxylation sites is 2. The lowest BCUT2D eigenvalue weighted by Crippen LogP contribution is -2.01. The molecular formula is C43H27N7. The van der Waals surface area contributed by atoms with Crippen molar-refractivity contribution in [2.75, 3.05) is 0 Å². The van der Waals surface area contributed by atoms with Gasteiger partial charge in [0.2, 0.25) is 0 Å². The molecule has 234 valence electrons. The zero-order valence-corrected chi connectivity index (χ0v) is 26.7. The first-order valence-corrected chi connectivity index (χ1v) is 16.5. The minimum absolute atomic E-state index is 0.612. The number of aromatic nitrogens is 7. The molecule has 50 heavy (non-hydrogen) atoms. The van der Waals surface area contributed by atoms with Crippen molar-refractivity contribution in [3.05, 3.63) is 164 Å². The molecule has 0 amide bonds. The second kappa shape index (κ2) is 11.3. The Morgan fingerprint density at radius 2 is 1.00 bits per heavy atom. The number of nitrogens with zero attached hydrogens (tertiary/aromatic N) is 7. The third kappa shape index (κ3) is 4.41. The van der Waals surface area contributed by atoms with Gasteiger partial charge in [0, 0.05) is 49.6 Å². The molecule has 10 rings (SSSR count). The fourth-order valence-electron chi connectivity index (χ4n) is 7.13. The van der Waals surface area contributed by atoms with Crippen LogP contribution in [0.25, 0.3) is 89.3 Å². The van der Waals surface area contributed by atoms with Gasteiger partial charge in [-0.25, -0.2) is 15.0 Å². The molecule has 0 bridgehead atoms. The van der Waals surface area contributed by atoms with E-state index in [9.17, 15) is 0 Å². The monoisotopic (exact) mass is 641 g/mol. The predicted octanol–water partition coefficient (Wildman–Crippen LogP) is 9.86. The van der Waals surface area contributed by atoms with Gasteiger partial charge >= 0.3 is 0 Å². The Hall–Kier alpha value is -6.99. The molecule has 0 saturated heterocycles. The van der Waals surface area contributed by atoms with Crippen molar-refractivity contribution < 1.29 is 0 Å². The zero-order valence-electron chi connectivity index (χ0n) is 26.7. The number of benzene rings is 6. The summed E-state index contributed by atoms with van der Waals surface area (Å²) in [5, 5.41) is 13.5. The van der Waals surface area contributed by atoms with Gasteiger partial charge < -0.3 is 4.57 Å². The second-order valence-electron chi connectivity index (χ2n) is 12.2. The van der Waals surface area contributed by atoms with E-state index in [0.717, 1.165) is 61.0 Å².